The molecule has 0 unspecified atom stereocenters. The third kappa shape index (κ3) is 3.74. The minimum Gasteiger partial charge on any atom is -0.491 e. The van der Waals surface area contributed by atoms with Gasteiger partial charge < -0.3 is 9.47 Å². The maximum absolute atomic E-state index is 12.0. The van der Waals surface area contributed by atoms with Crippen LogP contribution in [-0.2, 0) is 14.8 Å². The fourth-order valence-electron chi connectivity index (χ4n) is 1.89. The Balaban J connectivity index is 2.30. The van der Waals surface area contributed by atoms with Gasteiger partial charge in [-0.15, -0.1) is 0 Å². The largest absolute Gasteiger partial charge is 0.491 e. The van der Waals surface area contributed by atoms with Gasteiger partial charge in [0.15, 0.2) is 0 Å². The zero-order valence-corrected chi connectivity index (χ0v) is 13.2. The fraction of sp³-hybridized carbons (Fsp3) is 0.500. The molecule has 2 rings (SSSR count). The second kappa shape index (κ2) is 6.44. The van der Waals surface area contributed by atoms with Gasteiger partial charge in [-0.2, -0.15) is 0 Å². The van der Waals surface area contributed by atoms with Gasteiger partial charge in [0.05, 0.1) is 11.5 Å². The molecule has 0 atom stereocenters. The van der Waals surface area contributed by atoms with Crippen LogP contribution in [0.15, 0.2) is 28.1 Å². The van der Waals surface area contributed by atoms with Crippen LogP contribution in [0.2, 0.25) is 0 Å². The molecule has 0 spiro atoms. The number of benzene rings is 1. The molecule has 6 nitrogen and oxygen atoms in total. The molecule has 0 fully saturated rings. The number of amidine groups is 1. The molecule has 0 radical (unpaired) electrons. The third-order valence-corrected chi connectivity index (χ3v) is 4.29. The van der Waals surface area contributed by atoms with E-state index in [1.54, 1.807) is 19.2 Å². The molecular weight excluding hydrogens is 292 g/mol. The molecule has 0 saturated heterocycles. The highest BCUT2D eigenvalue weighted by molar-refractivity contribution is 7.90. The number of sulfonamides is 1. The summed E-state index contributed by atoms with van der Waals surface area (Å²) in [6.45, 7) is 5.50. The number of methoxy groups -OCH3 is 1. The van der Waals surface area contributed by atoms with E-state index in [1.165, 1.54) is 6.07 Å². The number of fused-ring (bicyclic) bond motifs is 1. The van der Waals surface area contributed by atoms with Crippen molar-refractivity contribution in [3.05, 3.63) is 23.8 Å². The predicted octanol–water partition coefficient (Wildman–Crippen LogP) is 1.41. The molecule has 0 aliphatic carbocycles. The first kappa shape index (κ1) is 15.8. The van der Waals surface area contributed by atoms with Crippen molar-refractivity contribution in [2.24, 2.45) is 10.9 Å². The summed E-state index contributed by atoms with van der Waals surface area (Å²) in [5.41, 5.74) is 0.561. The Morgan fingerprint density at radius 2 is 2.05 bits per heavy atom. The number of hydrogen-bond donors (Lipinski definition) is 1. The smallest absolute Gasteiger partial charge is 0.263 e. The number of aliphatic imine (C=N–C) groups is 1. The maximum Gasteiger partial charge on any atom is 0.263 e. The summed E-state index contributed by atoms with van der Waals surface area (Å²) in [5.74, 6) is 1.34. The van der Waals surface area contributed by atoms with Crippen molar-refractivity contribution in [1.29, 1.82) is 0 Å². The van der Waals surface area contributed by atoms with E-state index in [9.17, 15) is 8.42 Å². The monoisotopic (exact) mass is 312 g/mol. The van der Waals surface area contributed by atoms with Gasteiger partial charge in [-0.25, -0.2) is 8.42 Å². The van der Waals surface area contributed by atoms with Crippen molar-refractivity contribution in [3.63, 3.8) is 0 Å². The number of ether oxygens (including phenoxy) is 2. The molecule has 7 heteroatoms. The summed E-state index contributed by atoms with van der Waals surface area (Å²) < 4.78 is 37.0. The first-order valence-corrected chi connectivity index (χ1v) is 8.26. The van der Waals surface area contributed by atoms with Crippen LogP contribution in [0.4, 0.5) is 0 Å². The van der Waals surface area contributed by atoms with Crippen LogP contribution in [0, 0.1) is 5.92 Å². The average molecular weight is 312 g/mol. The van der Waals surface area contributed by atoms with E-state index in [4.69, 9.17) is 9.47 Å². The third-order valence-electron chi connectivity index (χ3n) is 2.90. The van der Waals surface area contributed by atoms with Crippen LogP contribution < -0.4 is 9.46 Å². The second-order valence-corrected chi connectivity index (χ2v) is 6.84. The van der Waals surface area contributed by atoms with Gasteiger partial charge >= 0.3 is 0 Å². The maximum atomic E-state index is 12.0. The summed E-state index contributed by atoms with van der Waals surface area (Å²) in [7, 11) is -1.91. The van der Waals surface area contributed by atoms with Crippen molar-refractivity contribution in [1.82, 2.24) is 4.72 Å². The standard InChI is InChI=1S/C14H20N2O4S/c1-10(2)9-15-14-12-8-11(20-7-6-19-3)4-5-13(12)21(17,18)16-14/h4-5,8,10H,6-7,9H2,1-3H3,(H,15,16). The van der Waals surface area contributed by atoms with E-state index in [-0.39, 0.29) is 4.90 Å². The summed E-state index contributed by atoms with van der Waals surface area (Å²) in [5, 5.41) is 0. The van der Waals surface area contributed by atoms with Crippen LogP contribution in [-0.4, -0.2) is 41.1 Å². The van der Waals surface area contributed by atoms with E-state index in [0.29, 0.717) is 42.8 Å². The lowest BCUT2D eigenvalue weighted by atomic mass is 10.2. The number of rotatable bonds is 6. The van der Waals surface area contributed by atoms with Crippen molar-refractivity contribution in [2.75, 3.05) is 26.9 Å². The molecule has 0 saturated carbocycles. The van der Waals surface area contributed by atoms with E-state index < -0.39 is 10.0 Å². The number of nitrogens with one attached hydrogen (secondary N) is 1. The Labute approximate surface area is 125 Å². The molecule has 0 amide bonds. The van der Waals surface area contributed by atoms with Crippen molar-refractivity contribution in [3.8, 4) is 5.75 Å². The van der Waals surface area contributed by atoms with Crippen LogP contribution in [0.25, 0.3) is 0 Å². The number of nitrogens with zero attached hydrogens (tertiary/aromatic N) is 1. The molecule has 21 heavy (non-hydrogen) atoms. The number of hydrogen-bond acceptors (Lipinski definition) is 5. The van der Waals surface area contributed by atoms with Crippen LogP contribution in [0.1, 0.15) is 19.4 Å². The lowest BCUT2D eigenvalue weighted by Crippen LogP contribution is -2.22. The molecule has 1 N–H and O–H groups in total. The van der Waals surface area contributed by atoms with Gasteiger partial charge in [-0.05, 0) is 24.1 Å². The second-order valence-electron chi connectivity index (χ2n) is 5.19. The van der Waals surface area contributed by atoms with Crippen molar-refractivity contribution >= 4 is 15.9 Å². The van der Waals surface area contributed by atoms with Gasteiger partial charge in [0.25, 0.3) is 10.0 Å². The Hall–Kier alpha value is -1.60. The molecular formula is C14H20N2O4S. The first-order valence-electron chi connectivity index (χ1n) is 6.77. The first-order chi connectivity index (χ1) is 9.94. The minimum atomic E-state index is -3.51. The summed E-state index contributed by atoms with van der Waals surface area (Å²) in [6.07, 6.45) is 0. The Morgan fingerprint density at radius 3 is 2.71 bits per heavy atom. The Kier molecular flexibility index (Phi) is 4.84. The zero-order valence-electron chi connectivity index (χ0n) is 12.4. The fourth-order valence-corrected chi connectivity index (χ4v) is 3.12. The predicted molar refractivity (Wildman–Crippen MR) is 80.4 cm³/mol. The van der Waals surface area contributed by atoms with Gasteiger partial charge in [0.2, 0.25) is 0 Å². The molecule has 1 aliphatic rings. The topological polar surface area (TPSA) is 77.0 Å². The highest BCUT2D eigenvalue weighted by atomic mass is 32.2. The average Bonchev–Trinajstić information content (AvgIpc) is 2.68. The molecule has 116 valence electrons. The quantitative estimate of drug-likeness (QED) is 0.806. The summed E-state index contributed by atoms with van der Waals surface area (Å²) >= 11 is 0. The normalized spacial score (nSPS) is 17.8. The van der Waals surface area contributed by atoms with E-state index in [2.05, 4.69) is 9.71 Å². The van der Waals surface area contributed by atoms with E-state index >= 15 is 0 Å². The van der Waals surface area contributed by atoms with Crippen LogP contribution >= 0.6 is 0 Å². The molecule has 1 aromatic rings. The molecule has 1 aromatic carbocycles. The lowest BCUT2D eigenvalue weighted by molar-refractivity contribution is 0.146. The minimum absolute atomic E-state index is 0.240. The van der Waals surface area contributed by atoms with Crippen LogP contribution in [0.5, 0.6) is 5.75 Å². The van der Waals surface area contributed by atoms with Crippen molar-refractivity contribution < 1.29 is 17.9 Å². The highest BCUT2D eigenvalue weighted by Gasteiger charge is 2.31. The summed E-state index contributed by atoms with van der Waals surface area (Å²) in [4.78, 5) is 4.58. The summed E-state index contributed by atoms with van der Waals surface area (Å²) in [6, 6.07) is 4.87. The van der Waals surface area contributed by atoms with Gasteiger partial charge in [0.1, 0.15) is 18.2 Å². The van der Waals surface area contributed by atoms with Crippen LogP contribution in [0.3, 0.4) is 0 Å². The van der Waals surface area contributed by atoms with Gasteiger partial charge in [-0.1, -0.05) is 13.8 Å². The molecule has 1 aliphatic heterocycles. The Morgan fingerprint density at radius 1 is 1.29 bits per heavy atom. The lowest BCUT2D eigenvalue weighted by Gasteiger charge is -2.07. The highest BCUT2D eigenvalue weighted by Crippen LogP contribution is 2.27. The van der Waals surface area contributed by atoms with Gasteiger partial charge in [-0.3, -0.25) is 9.71 Å². The molecule has 1 heterocycles. The SMILES string of the molecule is COCCOc1ccc2c(c1)C(=NCC(C)C)NS2(=O)=O. The van der Waals surface area contributed by atoms with E-state index in [0.717, 1.165) is 0 Å². The van der Waals surface area contributed by atoms with Crippen molar-refractivity contribution in [2.45, 2.75) is 18.7 Å². The molecule has 0 aromatic heterocycles. The van der Waals surface area contributed by atoms with E-state index in [1.807, 2.05) is 13.8 Å². The Bertz CT molecular complexity index is 638. The molecule has 0 bridgehead atoms. The zero-order chi connectivity index (χ0) is 15.5. The van der Waals surface area contributed by atoms with Gasteiger partial charge in [0, 0.05) is 19.2 Å².